The largest absolute Gasteiger partial charge is 0.416 e. The minimum atomic E-state index is -4.36. The van der Waals surface area contributed by atoms with Crippen LogP contribution in [0.15, 0.2) is 40.9 Å². The van der Waals surface area contributed by atoms with Gasteiger partial charge in [-0.05, 0) is 49.4 Å². The lowest BCUT2D eigenvalue weighted by molar-refractivity contribution is -0.137. The quantitative estimate of drug-likeness (QED) is 0.293. The lowest BCUT2D eigenvalue weighted by Crippen LogP contribution is -2.21. The van der Waals surface area contributed by atoms with Crippen molar-refractivity contribution in [2.24, 2.45) is 0 Å². The van der Waals surface area contributed by atoms with Crippen molar-refractivity contribution in [3.05, 3.63) is 63.8 Å². The van der Waals surface area contributed by atoms with Crippen molar-refractivity contribution in [3.63, 3.8) is 0 Å². The fraction of sp³-hybridized carbons (Fsp3) is 0.385. The number of aryl methyl sites for hydroxylation is 3. The normalized spacial score (nSPS) is 12.1. The van der Waals surface area contributed by atoms with Gasteiger partial charge >= 0.3 is 6.18 Å². The second-order valence-electron chi connectivity index (χ2n) is 8.97. The molecule has 0 atom stereocenters. The number of nitrogens with zero attached hydrogens (tertiary/aromatic N) is 3. The van der Waals surface area contributed by atoms with E-state index in [2.05, 4.69) is 25.1 Å². The fourth-order valence-corrected chi connectivity index (χ4v) is 5.37. The maximum absolute atomic E-state index is 12.9. The highest BCUT2D eigenvalue weighted by molar-refractivity contribution is 7.15. The van der Waals surface area contributed by atoms with E-state index in [-0.39, 0.29) is 12.5 Å². The molecule has 0 fully saturated rings. The third-order valence-corrected chi connectivity index (χ3v) is 7.21. The number of aliphatic hydroxyl groups is 1. The van der Waals surface area contributed by atoms with Gasteiger partial charge in [-0.2, -0.15) is 13.2 Å². The monoisotopic (exact) mass is 503 g/mol. The molecule has 2 aromatic carbocycles. The molecule has 0 aliphatic heterocycles. The van der Waals surface area contributed by atoms with Crippen LogP contribution in [0.4, 0.5) is 18.9 Å². The molecule has 1 N–H and O–H groups in total. The number of aromatic nitrogens is 2. The molecule has 35 heavy (non-hydrogen) atoms. The number of fused-ring (bicyclic) bond motifs is 1. The van der Waals surface area contributed by atoms with Gasteiger partial charge in [0.15, 0.2) is 5.58 Å². The van der Waals surface area contributed by atoms with Gasteiger partial charge in [-0.25, -0.2) is 4.98 Å². The van der Waals surface area contributed by atoms with Crippen LogP contribution in [0.25, 0.3) is 21.5 Å². The first-order chi connectivity index (χ1) is 16.6. The fourth-order valence-electron chi connectivity index (χ4n) is 4.14. The van der Waals surface area contributed by atoms with Crippen molar-refractivity contribution in [1.82, 2.24) is 10.1 Å². The summed E-state index contributed by atoms with van der Waals surface area (Å²) in [5, 5.41) is 15.2. The van der Waals surface area contributed by atoms with Crippen molar-refractivity contribution in [2.75, 3.05) is 25.1 Å². The Morgan fingerprint density at radius 1 is 1.11 bits per heavy atom. The average molecular weight is 504 g/mol. The Morgan fingerprint density at radius 2 is 1.83 bits per heavy atom. The third kappa shape index (κ3) is 5.36. The van der Waals surface area contributed by atoms with E-state index in [0.29, 0.717) is 30.5 Å². The number of benzene rings is 2. The van der Waals surface area contributed by atoms with Crippen LogP contribution in [0.2, 0.25) is 0 Å². The molecule has 2 aromatic heterocycles. The highest BCUT2D eigenvalue weighted by atomic mass is 32.1. The zero-order valence-corrected chi connectivity index (χ0v) is 20.9. The van der Waals surface area contributed by atoms with Gasteiger partial charge in [0.25, 0.3) is 0 Å². The van der Waals surface area contributed by atoms with Crippen molar-refractivity contribution < 1.29 is 22.8 Å². The maximum Gasteiger partial charge on any atom is 0.416 e. The van der Waals surface area contributed by atoms with Crippen LogP contribution in [0.5, 0.6) is 0 Å². The maximum atomic E-state index is 12.9. The highest BCUT2D eigenvalue weighted by Crippen LogP contribution is 2.36. The molecule has 4 rings (SSSR count). The average Bonchev–Trinajstić information content (AvgIpc) is 3.41. The Hall–Kier alpha value is -2.91. The second kappa shape index (κ2) is 9.99. The summed E-state index contributed by atoms with van der Waals surface area (Å²) in [5.74, 6) is 0.186. The number of hydrogen-bond donors (Lipinski definition) is 1. The molecule has 4 aromatic rings. The summed E-state index contributed by atoms with van der Waals surface area (Å²) in [6.07, 6.45) is -2.99. The number of likely N-dealkylation sites (N-methyl/N-ethyl adjacent to an activating group) is 1. The van der Waals surface area contributed by atoms with E-state index < -0.39 is 11.7 Å². The van der Waals surface area contributed by atoms with Crippen molar-refractivity contribution in [3.8, 4) is 10.6 Å². The molecule has 0 amide bonds. The van der Waals surface area contributed by atoms with Crippen LogP contribution in [0.1, 0.15) is 47.2 Å². The van der Waals surface area contributed by atoms with Crippen molar-refractivity contribution in [1.29, 1.82) is 0 Å². The van der Waals surface area contributed by atoms with Gasteiger partial charge in [0.05, 0.1) is 23.6 Å². The smallest absolute Gasteiger partial charge is 0.395 e. The summed E-state index contributed by atoms with van der Waals surface area (Å²) in [6.45, 7) is 6.74. The van der Waals surface area contributed by atoms with Crippen LogP contribution in [-0.4, -0.2) is 35.4 Å². The van der Waals surface area contributed by atoms with Crippen LogP contribution in [0.3, 0.4) is 0 Å². The van der Waals surface area contributed by atoms with E-state index in [1.54, 1.807) is 0 Å². The topological polar surface area (TPSA) is 62.4 Å². The van der Waals surface area contributed by atoms with Gasteiger partial charge in [-0.1, -0.05) is 31.1 Å². The van der Waals surface area contributed by atoms with E-state index in [0.717, 1.165) is 50.0 Å². The Kier molecular flexibility index (Phi) is 7.19. The van der Waals surface area contributed by atoms with Gasteiger partial charge in [0.1, 0.15) is 5.01 Å². The lowest BCUT2D eigenvalue weighted by Gasteiger charge is -2.20. The molecule has 0 aliphatic carbocycles. The molecule has 0 saturated carbocycles. The van der Waals surface area contributed by atoms with Crippen LogP contribution < -0.4 is 4.90 Å². The molecule has 5 nitrogen and oxygen atoms in total. The molecule has 2 heterocycles. The van der Waals surface area contributed by atoms with Crippen molar-refractivity contribution in [2.45, 2.75) is 45.7 Å². The molecule has 0 bridgehead atoms. The molecule has 0 aliphatic rings. The number of thiazole rings is 1. The molecule has 0 unspecified atom stereocenters. The summed E-state index contributed by atoms with van der Waals surface area (Å²) < 4.78 is 44.4. The summed E-state index contributed by atoms with van der Waals surface area (Å²) in [6, 6.07) is 9.17. The van der Waals surface area contributed by atoms with E-state index in [4.69, 9.17) is 9.51 Å². The van der Waals surface area contributed by atoms with Crippen molar-refractivity contribution >= 4 is 28.0 Å². The van der Waals surface area contributed by atoms with Crippen LogP contribution in [-0.2, 0) is 19.0 Å². The highest BCUT2D eigenvalue weighted by Gasteiger charge is 2.30. The van der Waals surface area contributed by atoms with Gasteiger partial charge in [-0.15, -0.1) is 11.3 Å². The van der Waals surface area contributed by atoms with E-state index in [1.165, 1.54) is 23.5 Å². The van der Waals surface area contributed by atoms with Crippen LogP contribution in [0, 0.1) is 6.92 Å². The Morgan fingerprint density at radius 3 is 2.46 bits per heavy atom. The number of anilines is 1. The van der Waals surface area contributed by atoms with E-state index in [1.807, 2.05) is 24.9 Å². The third-order valence-electron chi connectivity index (χ3n) is 6.03. The van der Waals surface area contributed by atoms with E-state index >= 15 is 0 Å². The first-order valence-corrected chi connectivity index (χ1v) is 12.3. The molecular formula is C26H28F3N3O2S. The number of rotatable bonds is 8. The molecule has 186 valence electrons. The number of aliphatic hydroxyl groups excluding tert-OH is 1. The SMILES string of the molecule is Cc1cc2c(CCc3sc(-c4ccc(C(F)(F)F)cc4)nc3C(C)C)noc2cc1N(C)CCO. The first-order valence-electron chi connectivity index (χ1n) is 11.5. The first kappa shape index (κ1) is 25.2. The number of alkyl halides is 3. The Balaban J connectivity index is 1.58. The molecule has 9 heteroatoms. The molecular weight excluding hydrogens is 475 g/mol. The Bertz CT molecular complexity index is 1310. The minimum Gasteiger partial charge on any atom is -0.395 e. The van der Waals surface area contributed by atoms with Crippen LogP contribution >= 0.6 is 11.3 Å². The molecule has 0 saturated heterocycles. The van der Waals surface area contributed by atoms with E-state index in [9.17, 15) is 18.3 Å². The summed E-state index contributed by atoms with van der Waals surface area (Å²) in [7, 11) is 1.92. The molecule has 0 radical (unpaired) electrons. The van der Waals surface area contributed by atoms with Gasteiger partial charge in [0, 0.05) is 41.2 Å². The van der Waals surface area contributed by atoms with Gasteiger partial charge in [-0.3, -0.25) is 0 Å². The summed E-state index contributed by atoms with van der Waals surface area (Å²) in [5.41, 5.74) is 4.59. The standard InChI is InChI=1S/C26H28F3N3O2S/c1-15(2)24-23(35-25(30-24)17-5-7-18(8-6-17)26(27,28)29)10-9-20-19-13-16(3)21(32(4)11-12-33)14-22(19)34-31-20/h5-8,13-15,33H,9-12H2,1-4H3. The summed E-state index contributed by atoms with van der Waals surface area (Å²) in [4.78, 5) is 7.84. The summed E-state index contributed by atoms with van der Waals surface area (Å²) >= 11 is 1.52. The predicted octanol–water partition coefficient (Wildman–Crippen LogP) is 6.62. The number of halogens is 3. The van der Waals surface area contributed by atoms with Gasteiger partial charge < -0.3 is 14.5 Å². The second-order valence-corrected chi connectivity index (χ2v) is 10.1. The zero-order valence-electron chi connectivity index (χ0n) is 20.1. The predicted molar refractivity (Wildman–Crippen MR) is 133 cm³/mol. The minimum absolute atomic E-state index is 0.0666. The number of hydrogen-bond acceptors (Lipinski definition) is 6. The molecule has 0 spiro atoms. The van der Waals surface area contributed by atoms with Gasteiger partial charge in [0.2, 0.25) is 0 Å². The Labute approximate surface area is 206 Å². The zero-order chi connectivity index (χ0) is 25.3. The lowest BCUT2D eigenvalue weighted by atomic mass is 10.0.